The zero-order valence-electron chi connectivity index (χ0n) is 32.7. The van der Waals surface area contributed by atoms with Gasteiger partial charge in [-0.15, -0.1) is 0 Å². The number of aromatic nitrogens is 1. The molecule has 2 heterocycles. The highest BCUT2D eigenvalue weighted by molar-refractivity contribution is 7.93. The third kappa shape index (κ3) is 8.47. The Balaban J connectivity index is 1.01. The number of anilines is 6. The van der Waals surface area contributed by atoms with Crippen molar-refractivity contribution in [1.82, 2.24) is 10.5 Å². The number of carbonyl (C=O) groups is 1. The summed E-state index contributed by atoms with van der Waals surface area (Å²) < 4.78 is 22.2. The molecule has 7 rings (SSSR count). The van der Waals surface area contributed by atoms with Gasteiger partial charge < -0.3 is 46.1 Å². The lowest BCUT2D eigenvalue weighted by Crippen LogP contribution is -2.44. The van der Waals surface area contributed by atoms with Gasteiger partial charge in [0, 0.05) is 77.6 Å². The van der Waals surface area contributed by atoms with Crippen molar-refractivity contribution < 1.29 is 18.6 Å². The zero-order valence-corrected chi connectivity index (χ0v) is 33.5. The summed E-state index contributed by atoms with van der Waals surface area (Å²) >= 11 is 0.710. The number of amides is 1. The van der Waals surface area contributed by atoms with E-state index >= 15 is 0 Å². The number of nitrogens with one attached hydrogen (secondary N) is 3. The van der Waals surface area contributed by atoms with Gasteiger partial charge in [0.05, 0.1) is 34.0 Å². The molecule has 1 aromatic heterocycles. The Hall–Kier alpha value is -5.17. The SMILES string of the molecule is C=c1c2ccccc2c2onc3c(N4CCCC(C(=O)NCCC(C)(C)OCCC(C)(C)CNc5ccc(N)cc5N)C4)cc(Nc4cccc(SO)c4)c1c32. The van der Waals surface area contributed by atoms with Crippen LogP contribution in [-0.2, 0) is 9.53 Å². The van der Waals surface area contributed by atoms with Crippen molar-refractivity contribution >= 4 is 91.3 Å². The fraction of sp³-hybridized carbons (Fsp3) is 0.364. The van der Waals surface area contributed by atoms with Crippen molar-refractivity contribution in [3.63, 3.8) is 0 Å². The molecule has 1 aliphatic heterocycles. The summed E-state index contributed by atoms with van der Waals surface area (Å²) in [5.74, 6) is -0.135. The topological polar surface area (TPSA) is 164 Å². The summed E-state index contributed by atoms with van der Waals surface area (Å²) in [5.41, 5.74) is 17.8. The maximum absolute atomic E-state index is 13.7. The maximum Gasteiger partial charge on any atom is 0.224 e. The molecule has 11 nitrogen and oxygen atoms in total. The lowest BCUT2D eigenvalue weighted by atomic mass is 9.89. The molecular formula is C44H53N7O4S. The number of hydrogen-bond acceptors (Lipinski definition) is 11. The molecule has 0 bridgehead atoms. The highest BCUT2D eigenvalue weighted by Gasteiger charge is 2.30. The number of nitrogen functional groups attached to an aromatic ring is 2. The smallest absolute Gasteiger partial charge is 0.224 e. The van der Waals surface area contributed by atoms with E-state index in [0.717, 1.165) is 92.3 Å². The number of fused-ring (bicyclic) bond motifs is 2. The van der Waals surface area contributed by atoms with Crippen LogP contribution < -0.4 is 37.5 Å². The number of carbonyl (C=O) groups excluding carboxylic acids is 1. The molecule has 0 saturated carbocycles. The van der Waals surface area contributed by atoms with Crippen LogP contribution >= 0.6 is 12.0 Å². The minimum absolute atomic E-state index is 0.0270. The van der Waals surface area contributed by atoms with E-state index in [1.54, 1.807) is 6.07 Å². The summed E-state index contributed by atoms with van der Waals surface area (Å²) in [7, 11) is 0. The number of rotatable bonds is 15. The van der Waals surface area contributed by atoms with E-state index in [-0.39, 0.29) is 17.2 Å². The fourth-order valence-corrected chi connectivity index (χ4v) is 8.01. The predicted octanol–water partition coefficient (Wildman–Crippen LogP) is 8.78. The van der Waals surface area contributed by atoms with Crippen LogP contribution in [0.15, 0.2) is 82.2 Å². The van der Waals surface area contributed by atoms with E-state index in [4.69, 9.17) is 20.7 Å². The highest BCUT2D eigenvalue weighted by atomic mass is 32.2. The molecule has 1 aliphatic rings. The molecule has 0 spiro atoms. The molecule has 56 heavy (non-hydrogen) atoms. The van der Waals surface area contributed by atoms with Gasteiger partial charge in [-0.2, -0.15) is 0 Å². The van der Waals surface area contributed by atoms with Gasteiger partial charge in [0.1, 0.15) is 5.52 Å². The van der Waals surface area contributed by atoms with Gasteiger partial charge in [-0.05, 0) is 98.0 Å². The molecule has 1 amide bonds. The van der Waals surface area contributed by atoms with Crippen LogP contribution in [0, 0.1) is 11.3 Å². The Kier molecular flexibility index (Phi) is 11.3. The van der Waals surface area contributed by atoms with Crippen LogP contribution in [0.25, 0.3) is 39.2 Å². The maximum atomic E-state index is 13.7. The number of piperidine rings is 1. The summed E-state index contributed by atoms with van der Waals surface area (Å²) in [6, 6.07) is 23.4. The number of ether oxygens (including phenoxy) is 1. The molecule has 1 atom stereocenters. The lowest BCUT2D eigenvalue weighted by Gasteiger charge is -2.34. The molecular weight excluding hydrogens is 723 g/mol. The average Bonchev–Trinajstić information content (AvgIpc) is 3.62. The number of hydrogen-bond donors (Lipinski definition) is 6. The van der Waals surface area contributed by atoms with E-state index in [9.17, 15) is 9.35 Å². The molecule has 0 aliphatic carbocycles. The third-order valence-corrected chi connectivity index (χ3v) is 11.5. The van der Waals surface area contributed by atoms with Gasteiger partial charge in [-0.3, -0.25) is 4.79 Å². The monoisotopic (exact) mass is 775 g/mol. The van der Waals surface area contributed by atoms with Crippen LogP contribution in [0.3, 0.4) is 0 Å². The molecule has 8 N–H and O–H groups in total. The molecule has 1 saturated heterocycles. The van der Waals surface area contributed by atoms with Crippen LogP contribution in [0.1, 0.15) is 53.4 Å². The van der Waals surface area contributed by atoms with E-state index in [1.165, 1.54) is 0 Å². The Morgan fingerprint density at radius 1 is 1.02 bits per heavy atom. The van der Waals surface area contributed by atoms with Crippen LogP contribution in [-0.4, -0.2) is 54.0 Å². The summed E-state index contributed by atoms with van der Waals surface area (Å²) in [6.45, 7) is 16.3. The number of benzene rings is 5. The minimum atomic E-state index is -0.402. The van der Waals surface area contributed by atoms with Gasteiger partial charge >= 0.3 is 0 Å². The molecule has 294 valence electrons. The van der Waals surface area contributed by atoms with Crippen molar-refractivity contribution in [2.75, 3.05) is 59.8 Å². The first-order valence-electron chi connectivity index (χ1n) is 19.3. The normalized spacial score (nSPS) is 15.2. The average molecular weight is 776 g/mol. The van der Waals surface area contributed by atoms with Gasteiger partial charge in [-0.25, -0.2) is 0 Å². The van der Waals surface area contributed by atoms with Crippen LogP contribution in [0.5, 0.6) is 0 Å². The van der Waals surface area contributed by atoms with Crippen LogP contribution in [0.4, 0.5) is 34.1 Å². The van der Waals surface area contributed by atoms with E-state index in [1.807, 2.05) is 54.6 Å². The molecule has 0 radical (unpaired) electrons. The second kappa shape index (κ2) is 16.1. The molecule has 5 aromatic carbocycles. The minimum Gasteiger partial charge on any atom is -0.399 e. The zero-order chi connectivity index (χ0) is 39.6. The molecule has 12 heteroatoms. The van der Waals surface area contributed by atoms with Crippen molar-refractivity contribution in [2.24, 2.45) is 11.3 Å². The first-order valence-corrected chi connectivity index (χ1v) is 20.1. The van der Waals surface area contributed by atoms with Crippen molar-refractivity contribution in [1.29, 1.82) is 0 Å². The molecule has 1 unspecified atom stereocenters. The Labute approximate surface area is 332 Å². The second-order valence-electron chi connectivity index (χ2n) is 16.4. The Morgan fingerprint density at radius 3 is 2.61 bits per heavy atom. The van der Waals surface area contributed by atoms with Gasteiger partial charge in [0.2, 0.25) is 5.91 Å². The first-order chi connectivity index (χ1) is 26.8. The van der Waals surface area contributed by atoms with Crippen LogP contribution in [0.2, 0.25) is 0 Å². The van der Waals surface area contributed by atoms with Crippen molar-refractivity contribution in [3.8, 4) is 0 Å². The van der Waals surface area contributed by atoms with E-state index in [0.29, 0.717) is 55.1 Å². The summed E-state index contributed by atoms with van der Waals surface area (Å²) in [5, 5.41) is 19.6. The van der Waals surface area contributed by atoms with E-state index in [2.05, 4.69) is 72.4 Å². The third-order valence-electron chi connectivity index (χ3n) is 11.0. The van der Waals surface area contributed by atoms with Gasteiger partial charge in [0.25, 0.3) is 0 Å². The van der Waals surface area contributed by atoms with Gasteiger partial charge in [-0.1, -0.05) is 55.9 Å². The second-order valence-corrected chi connectivity index (χ2v) is 17.0. The lowest BCUT2D eigenvalue weighted by molar-refractivity contribution is -0.125. The Morgan fingerprint density at radius 2 is 1.82 bits per heavy atom. The first kappa shape index (κ1) is 39.1. The van der Waals surface area contributed by atoms with Crippen molar-refractivity contribution in [2.45, 2.75) is 63.9 Å². The largest absolute Gasteiger partial charge is 0.399 e. The van der Waals surface area contributed by atoms with E-state index < -0.39 is 5.60 Å². The summed E-state index contributed by atoms with van der Waals surface area (Å²) in [6.07, 6.45) is 3.22. The molecule has 1 fully saturated rings. The summed E-state index contributed by atoms with van der Waals surface area (Å²) in [4.78, 5) is 16.7. The number of nitrogens with two attached hydrogens (primary N) is 2. The van der Waals surface area contributed by atoms with Crippen molar-refractivity contribution in [3.05, 3.63) is 78.0 Å². The quantitative estimate of drug-likeness (QED) is 0.0336. The highest BCUT2D eigenvalue weighted by Crippen LogP contribution is 2.42. The standard InChI is InChI=1S/C44H53N7O4S/c1-27-32-13-6-7-14-33(32)41-39-38(27)36(49-30-11-8-12-31(23-30)56-53)24-37(40(39)50-55-41)51-20-9-10-28(25-51)42(52)47-19-17-44(4,5)54-21-18-43(2,3)26-48-35-16-15-29(45)22-34(35)46/h6-8,11-16,22-24,28,48-49,53H,1,9-10,17-21,25-26,45-46H2,2-5H3,(H,47,52). The van der Waals surface area contributed by atoms with Gasteiger partial charge in [0.15, 0.2) is 5.58 Å². The fourth-order valence-electron chi connectivity index (χ4n) is 7.69. The Bertz CT molecular complexity index is 2410. The predicted molar refractivity (Wildman–Crippen MR) is 233 cm³/mol. The molecule has 6 aromatic rings. The number of nitrogens with zero attached hydrogens (tertiary/aromatic N) is 2.